The molecule has 0 saturated heterocycles. The third-order valence-electron chi connectivity index (χ3n) is 1.45. The maximum atomic E-state index is 10.1. The lowest BCUT2D eigenvalue weighted by atomic mass is 10.4. The largest absolute Gasteiger partial charge is 0.370 e. The van der Waals surface area contributed by atoms with E-state index in [4.69, 9.17) is 0 Å². The molecule has 0 aromatic carbocycles. The first kappa shape index (κ1) is 8.07. The van der Waals surface area contributed by atoms with Crippen LogP contribution in [-0.2, 0) is 12.2 Å². The fourth-order valence-corrected chi connectivity index (χ4v) is 0.836. The molecule has 61 valence electrons. The molecule has 0 bridgehead atoms. The van der Waals surface area contributed by atoms with Crippen LogP contribution in [0.5, 0.6) is 0 Å². The highest BCUT2D eigenvalue weighted by atomic mass is 16.3. The highest BCUT2D eigenvalue weighted by Gasteiger charge is 1.94. The van der Waals surface area contributed by atoms with E-state index in [2.05, 4.69) is 10.4 Å². The number of nitrogens with zero attached hydrogens (tertiary/aromatic N) is 2. The van der Waals surface area contributed by atoms with Gasteiger partial charge < -0.3 is 5.32 Å². The summed E-state index contributed by atoms with van der Waals surface area (Å²) < 4.78 is 1.74. The maximum absolute atomic E-state index is 10.1. The van der Waals surface area contributed by atoms with Gasteiger partial charge in [0.1, 0.15) is 5.82 Å². The molecular weight excluding hydrogens is 142 g/mol. The van der Waals surface area contributed by atoms with Crippen molar-refractivity contribution in [3.63, 3.8) is 0 Å². The average Bonchev–Trinajstić information content (AvgIpc) is 2.37. The number of hydrogen-bond acceptors (Lipinski definition) is 2. The van der Waals surface area contributed by atoms with Gasteiger partial charge in [-0.15, -0.1) is 0 Å². The normalized spacial score (nSPS) is 10.0. The summed E-state index contributed by atoms with van der Waals surface area (Å²) in [5, 5.41) is 17.1. The molecule has 0 amide bonds. The molecule has 0 saturated carbocycles. The molecule has 4 nitrogen and oxygen atoms in total. The Hall–Kier alpha value is -1.03. The van der Waals surface area contributed by atoms with Gasteiger partial charge in [-0.3, -0.25) is 4.68 Å². The molecule has 0 atom stereocenters. The Bertz CT molecular complexity index is 209. The van der Waals surface area contributed by atoms with E-state index in [-0.39, 0.29) is 6.61 Å². The van der Waals surface area contributed by atoms with E-state index in [1.165, 1.54) is 0 Å². The maximum Gasteiger partial charge on any atom is 0.123 e. The second kappa shape index (κ2) is 3.98. The summed E-state index contributed by atoms with van der Waals surface area (Å²) in [7, 11) is 1.86. The van der Waals surface area contributed by atoms with Gasteiger partial charge in [0.15, 0.2) is 0 Å². The molecule has 1 aromatic heterocycles. The first-order valence-electron chi connectivity index (χ1n) is 3.64. The zero-order valence-corrected chi connectivity index (χ0v) is 6.58. The van der Waals surface area contributed by atoms with Gasteiger partial charge in [-0.2, -0.15) is 5.10 Å². The molecule has 1 rings (SSSR count). The van der Waals surface area contributed by atoms with Crippen LogP contribution in [0.1, 0.15) is 6.42 Å². The summed E-state index contributed by atoms with van der Waals surface area (Å²) in [4.78, 5) is 0. The van der Waals surface area contributed by atoms with Crippen LogP contribution in [0, 0.1) is 0 Å². The number of nitrogens with one attached hydrogen (secondary N) is 1. The third kappa shape index (κ3) is 2.23. The van der Waals surface area contributed by atoms with Crippen LogP contribution in [0.4, 0.5) is 5.82 Å². The SMILES string of the molecule is Cn1nccc1NCCC[O]. The highest BCUT2D eigenvalue weighted by Crippen LogP contribution is 2.02. The van der Waals surface area contributed by atoms with Crippen LogP contribution in [0.3, 0.4) is 0 Å². The number of rotatable bonds is 4. The van der Waals surface area contributed by atoms with Crippen LogP contribution in [0.25, 0.3) is 0 Å². The van der Waals surface area contributed by atoms with E-state index in [9.17, 15) is 5.11 Å². The number of anilines is 1. The van der Waals surface area contributed by atoms with E-state index in [0.29, 0.717) is 6.42 Å². The monoisotopic (exact) mass is 154 g/mol. The number of hydrogen-bond donors (Lipinski definition) is 1. The van der Waals surface area contributed by atoms with Gasteiger partial charge in [0, 0.05) is 19.7 Å². The predicted octanol–water partition coefficient (Wildman–Crippen LogP) is 0.653. The smallest absolute Gasteiger partial charge is 0.123 e. The van der Waals surface area contributed by atoms with Crippen molar-refractivity contribution < 1.29 is 5.11 Å². The summed E-state index contributed by atoms with van der Waals surface area (Å²) in [6.07, 6.45) is 2.38. The molecule has 4 heteroatoms. The molecule has 1 radical (unpaired) electrons. The van der Waals surface area contributed by atoms with Crippen LogP contribution in [0.15, 0.2) is 12.3 Å². The fourth-order valence-electron chi connectivity index (χ4n) is 0.836. The van der Waals surface area contributed by atoms with Crippen LogP contribution in [0.2, 0.25) is 0 Å². The van der Waals surface area contributed by atoms with E-state index in [1.807, 2.05) is 13.1 Å². The zero-order valence-electron chi connectivity index (χ0n) is 6.58. The second-order valence-electron chi connectivity index (χ2n) is 2.32. The van der Waals surface area contributed by atoms with Crippen molar-refractivity contribution in [1.29, 1.82) is 0 Å². The summed E-state index contributed by atoms with van der Waals surface area (Å²) in [5.74, 6) is 0.957. The summed E-state index contributed by atoms with van der Waals surface area (Å²) in [6, 6.07) is 1.88. The van der Waals surface area contributed by atoms with Crippen molar-refractivity contribution in [2.24, 2.45) is 7.05 Å². The van der Waals surface area contributed by atoms with Gasteiger partial charge in [-0.05, 0) is 6.42 Å². The minimum atomic E-state index is -0.0230. The lowest BCUT2D eigenvalue weighted by molar-refractivity contribution is 0.192. The fraction of sp³-hybridized carbons (Fsp3) is 0.571. The molecule has 1 aromatic rings. The molecular formula is C7H12N3O. The average molecular weight is 154 g/mol. The van der Waals surface area contributed by atoms with Gasteiger partial charge in [0.25, 0.3) is 0 Å². The minimum Gasteiger partial charge on any atom is -0.370 e. The van der Waals surface area contributed by atoms with E-state index < -0.39 is 0 Å². The van der Waals surface area contributed by atoms with E-state index in [1.54, 1.807) is 10.9 Å². The van der Waals surface area contributed by atoms with Crippen LogP contribution >= 0.6 is 0 Å². The van der Waals surface area contributed by atoms with Gasteiger partial charge in [-0.1, -0.05) is 0 Å². The second-order valence-corrected chi connectivity index (χ2v) is 2.32. The highest BCUT2D eigenvalue weighted by molar-refractivity contribution is 5.32. The van der Waals surface area contributed by atoms with Gasteiger partial charge >= 0.3 is 0 Å². The first-order valence-corrected chi connectivity index (χ1v) is 3.64. The predicted molar refractivity (Wildman–Crippen MR) is 41.9 cm³/mol. The van der Waals surface area contributed by atoms with Gasteiger partial charge in [0.05, 0.1) is 12.8 Å². The Morgan fingerprint density at radius 2 is 2.55 bits per heavy atom. The summed E-state index contributed by atoms with van der Waals surface area (Å²) >= 11 is 0. The van der Waals surface area contributed by atoms with Crippen LogP contribution in [-0.4, -0.2) is 22.9 Å². The molecule has 11 heavy (non-hydrogen) atoms. The van der Waals surface area contributed by atoms with Crippen molar-refractivity contribution in [1.82, 2.24) is 9.78 Å². The number of aromatic nitrogens is 2. The molecule has 1 heterocycles. The van der Waals surface area contributed by atoms with E-state index >= 15 is 0 Å². The molecule has 0 aliphatic carbocycles. The van der Waals surface area contributed by atoms with E-state index in [0.717, 1.165) is 12.4 Å². The van der Waals surface area contributed by atoms with Crippen molar-refractivity contribution in [3.05, 3.63) is 12.3 Å². The quantitative estimate of drug-likeness (QED) is 0.647. The summed E-state index contributed by atoms with van der Waals surface area (Å²) in [5.41, 5.74) is 0. The Labute approximate surface area is 65.8 Å². The molecule has 0 spiro atoms. The third-order valence-corrected chi connectivity index (χ3v) is 1.45. The molecule has 0 fully saturated rings. The minimum absolute atomic E-state index is 0.0230. The Morgan fingerprint density at radius 3 is 3.09 bits per heavy atom. The molecule has 1 N–H and O–H groups in total. The van der Waals surface area contributed by atoms with Crippen molar-refractivity contribution in [2.75, 3.05) is 18.5 Å². The Morgan fingerprint density at radius 1 is 1.73 bits per heavy atom. The zero-order chi connectivity index (χ0) is 8.10. The molecule has 0 aliphatic heterocycles. The standard InChI is InChI=1S/C7H12N3O/c1-10-7(3-5-9-10)8-4-2-6-11/h3,5,8H,2,4,6H2,1H3. The topological polar surface area (TPSA) is 49.8 Å². The van der Waals surface area contributed by atoms with Crippen molar-refractivity contribution in [2.45, 2.75) is 6.42 Å². The van der Waals surface area contributed by atoms with Gasteiger partial charge in [0.2, 0.25) is 0 Å². The lowest BCUT2D eigenvalue weighted by Crippen LogP contribution is -2.06. The Balaban J connectivity index is 2.32. The molecule has 0 aliphatic rings. The number of aryl methyl sites for hydroxylation is 1. The first-order chi connectivity index (χ1) is 5.34. The lowest BCUT2D eigenvalue weighted by Gasteiger charge is -2.03. The summed E-state index contributed by atoms with van der Waals surface area (Å²) in [6.45, 7) is 0.702. The van der Waals surface area contributed by atoms with Crippen molar-refractivity contribution >= 4 is 5.82 Å². The van der Waals surface area contributed by atoms with Gasteiger partial charge in [-0.25, -0.2) is 5.11 Å². The van der Waals surface area contributed by atoms with Crippen LogP contribution < -0.4 is 5.32 Å². The molecule has 0 unspecified atom stereocenters. The van der Waals surface area contributed by atoms with Crippen molar-refractivity contribution in [3.8, 4) is 0 Å². The Kier molecular flexibility index (Phi) is 2.92.